The van der Waals surface area contributed by atoms with Gasteiger partial charge in [0.1, 0.15) is 5.82 Å². The summed E-state index contributed by atoms with van der Waals surface area (Å²) >= 11 is 3.26. The van der Waals surface area contributed by atoms with Gasteiger partial charge >= 0.3 is 0 Å². The van der Waals surface area contributed by atoms with Crippen molar-refractivity contribution in [3.05, 3.63) is 58.3 Å². The number of rotatable bonds is 4. The number of hydrogen-bond donors (Lipinski definition) is 2. The normalized spacial score (nSPS) is 10.3. The molecule has 0 unspecified atom stereocenters. The second-order valence-electron chi connectivity index (χ2n) is 4.13. The zero-order chi connectivity index (χ0) is 15.4. The van der Waals surface area contributed by atoms with Gasteiger partial charge in [0.05, 0.1) is 17.9 Å². The molecule has 0 radical (unpaired) electrons. The van der Waals surface area contributed by atoms with Crippen LogP contribution in [0.1, 0.15) is 0 Å². The Labute approximate surface area is 127 Å². The number of carbonyl (C=O) groups excluding carboxylic acids is 1. The maximum absolute atomic E-state index is 13.4. The highest BCUT2D eigenvalue weighted by molar-refractivity contribution is 9.10. The van der Waals surface area contributed by atoms with E-state index in [0.29, 0.717) is 22.3 Å². The summed E-state index contributed by atoms with van der Waals surface area (Å²) in [7, 11) is 0. The average Bonchev–Trinajstić information content (AvgIpc) is 2.44. The first kappa shape index (κ1) is 15.4. The van der Waals surface area contributed by atoms with Crippen LogP contribution in [0.3, 0.4) is 0 Å². The number of para-hydroxylation sites is 1. The van der Waals surface area contributed by atoms with E-state index in [-0.39, 0.29) is 12.2 Å². The van der Waals surface area contributed by atoms with Crippen molar-refractivity contribution in [2.75, 3.05) is 17.2 Å². The quantitative estimate of drug-likeness (QED) is 0.813. The lowest BCUT2D eigenvalue weighted by Crippen LogP contribution is -2.22. The van der Waals surface area contributed by atoms with Gasteiger partial charge in [0.25, 0.3) is 0 Å². The molecule has 0 fully saturated rings. The molecular weight excluding hydrogens is 349 g/mol. The van der Waals surface area contributed by atoms with Crippen molar-refractivity contribution in [3.8, 4) is 0 Å². The molecule has 0 aromatic heterocycles. The third-order valence-corrected chi connectivity index (χ3v) is 3.29. The van der Waals surface area contributed by atoms with Crippen molar-refractivity contribution in [3.63, 3.8) is 0 Å². The zero-order valence-corrected chi connectivity index (χ0v) is 12.2. The minimum absolute atomic E-state index is 0.281. The predicted molar refractivity (Wildman–Crippen MR) is 77.6 cm³/mol. The number of amides is 1. The molecule has 2 N–H and O–H groups in total. The molecule has 0 aliphatic carbocycles. The minimum Gasteiger partial charge on any atom is -0.374 e. The Morgan fingerprint density at radius 3 is 2.38 bits per heavy atom. The lowest BCUT2D eigenvalue weighted by Gasteiger charge is -2.10. The van der Waals surface area contributed by atoms with Gasteiger partial charge < -0.3 is 10.6 Å². The monoisotopic (exact) mass is 358 g/mol. The van der Waals surface area contributed by atoms with E-state index < -0.39 is 23.4 Å². The average molecular weight is 359 g/mol. The molecule has 0 spiro atoms. The first-order chi connectivity index (χ1) is 9.97. The molecule has 2 aromatic rings. The van der Waals surface area contributed by atoms with E-state index in [2.05, 4.69) is 26.6 Å². The van der Waals surface area contributed by atoms with E-state index >= 15 is 0 Å². The highest BCUT2D eigenvalue weighted by Crippen LogP contribution is 2.21. The van der Waals surface area contributed by atoms with Crippen LogP contribution in [0.15, 0.2) is 40.9 Å². The number of carbonyl (C=O) groups is 1. The van der Waals surface area contributed by atoms with Crippen molar-refractivity contribution in [2.24, 2.45) is 0 Å². The third-order valence-electron chi connectivity index (χ3n) is 2.60. The van der Waals surface area contributed by atoms with Crippen LogP contribution in [0.4, 0.5) is 24.5 Å². The molecule has 3 nitrogen and oxygen atoms in total. The number of benzene rings is 2. The SMILES string of the molecule is O=C(CNc1cc(F)c(F)cc1F)Nc1ccccc1Br. The zero-order valence-electron chi connectivity index (χ0n) is 10.6. The van der Waals surface area contributed by atoms with Crippen LogP contribution in [0, 0.1) is 17.5 Å². The summed E-state index contributed by atoms with van der Waals surface area (Å²) in [6.07, 6.45) is 0. The molecule has 7 heteroatoms. The molecule has 0 atom stereocenters. The van der Waals surface area contributed by atoms with Gasteiger partial charge in [-0.2, -0.15) is 0 Å². The first-order valence-electron chi connectivity index (χ1n) is 5.90. The summed E-state index contributed by atoms with van der Waals surface area (Å²) < 4.78 is 39.8. The summed E-state index contributed by atoms with van der Waals surface area (Å²) in [5.74, 6) is -3.89. The molecule has 0 saturated carbocycles. The lowest BCUT2D eigenvalue weighted by molar-refractivity contribution is -0.114. The van der Waals surface area contributed by atoms with Crippen LogP contribution in [0.25, 0.3) is 0 Å². The Kier molecular flexibility index (Phi) is 4.85. The van der Waals surface area contributed by atoms with Crippen LogP contribution in [0.2, 0.25) is 0 Å². The van der Waals surface area contributed by atoms with Gasteiger partial charge in [-0.05, 0) is 28.1 Å². The van der Waals surface area contributed by atoms with E-state index in [1.165, 1.54) is 0 Å². The van der Waals surface area contributed by atoms with Gasteiger partial charge in [0.2, 0.25) is 5.91 Å². The molecular formula is C14H10BrF3N2O. The van der Waals surface area contributed by atoms with E-state index in [1.54, 1.807) is 24.3 Å². The largest absolute Gasteiger partial charge is 0.374 e. The van der Waals surface area contributed by atoms with Gasteiger partial charge in [-0.15, -0.1) is 0 Å². The molecule has 2 aromatic carbocycles. The van der Waals surface area contributed by atoms with E-state index in [9.17, 15) is 18.0 Å². The van der Waals surface area contributed by atoms with Gasteiger partial charge in [-0.3, -0.25) is 4.79 Å². The summed E-state index contributed by atoms with van der Waals surface area (Å²) in [6.45, 7) is -0.288. The smallest absolute Gasteiger partial charge is 0.243 e. The van der Waals surface area contributed by atoms with E-state index in [0.717, 1.165) is 0 Å². The summed E-state index contributed by atoms with van der Waals surface area (Å²) in [5, 5.41) is 5.00. The molecule has 1 amide bonds. The van der Waals surface area contributed by atoms with Crippen molar-refractivity contribution in [1.82, 2.24) is 0 Å². The number of hydrogen-bond acceptors (Lipinski definition) is 2. The van der Waals surface area contributed by atoms with Crippen LogP contribution >= 0.6 is 15.9 Å². The number of anilines is 2. The van der Waals surface area contributed by atoms with E-state index in [4.69, 9.17) is 0 Å². The Bertz CT molecular complexity index is 679. The van der Waals surface area contributed by atoms with Crippen LogP contribution in [-0.2, 0) is 4.79 Å². The fraction of sp³-hybridized carbons (Fsp3) is 0.0714. The fourth-order valence-electron chi connectivity index (χ4n) is 1.59. The standard InChI is InChI=1S/C14H10BrF3N2O/c15-8-3-1-2-4-12(8)20-14(21)7-19-13-6-10(17)9(16)5-11(13)18/h1-6,19H,7H2,(H,20,21). The van der Waals surface area contributed by atoms with Crippen molar-refractivity contribution in [2.45, 2.75) is 0 Å². The van der Waals surface area contributed by atoms with Gasteiger partial charge in [-0.25, -0.2) is 13.2 Å². The molecule has 21 heavy (non-hydrogen) atoms. The van der Waals surface area contributed by atoms with E-state index in [1.807, 2.05) is 0 Å². The molecule has 0 heterocycles. The highest BCUT2D eigenvalue weighted by atomic mass is 79.9. The molecule has 2 rings (SSSR count). The molecule has 0 aliphatic heterocycles. The number of nitrogens with one attached hydrogen (secondary N) is 2. The minimum atomic E-state index is -1.28. The van der Waals surface area contributed by atoms with Crippen LogP contribution in [-0.4, -0.2) is 12.5 Å². The maximum Gasteiger partial charge on any atom is 0.243 e. The first-order valence-corrected chi connectivity index (χ1v) is 6.69. The summed E-state index contributed by atoms with van der Waals surface area (Å²) in [6, 6.07) is 8.04. The van der Waals surface area contributed by atoms with Crippen LogP contribution < -0.4 is 10.6 Å². The van der Waals surface area contributed by atoms with Gasteiger partial charge in [-0.1, -0.05) is 12.1 Å². The summed E-state index contributed by atoms with van der Waals surface area (Å²) in [4.78, 5) is 11.7. The molecule has 0 bridgehead atoms. The Hall–Kier alpha value is -2.02. The molecule has 110 valence electrons. The van der Waals surface area contributed by atoms with Gasteiger partial charge in [0.15, 0.2) is 11.6 Å². The lowest BCUT2D eigenvalue weighted by atomic mass is 10.2. The third kappa shape index (κ3) is 3.98. The second kappa shape index (κ2) is 6.62. The topological polar surface area (TPSA) is 41.1 Å². The van der Waals surface area contributed by atoms with Crippen molar-refractivity contribution < 1.29 is 18.0 Å². The Morgan fingerprint density at radius 2 is 1.67 bits per heavy atom. The van der Waals surface area contributed by atoms with Gasteiger partial charge in [0, 0.05) is 16.6 Å². The Morgan fingerprint density at radius 1 is 1.00 bits per heavy atom. The Balaban J connectivity index is 1.99. The van der Waals surface area contributed by atoms with Crippen LogP contribution in [0.5, 0.6) is 0 Å². The fourth-order valence-corrected chi connectivity index (χ4v) is 1.97. The van der Waals surface area contributed by atoms with Crippen molar-refractivity contribution in [1.29, 1.82) is 0 Å². The second-order valence-corrected chi connectivity index (χ2v) is 4.98. The predicted octanol–water partition coefficient (Wildman–Crippen LogP) is 3.92. The molecule has 0 aliphatic rings. The maximum atomic E-state index is 13.4. The number of halogens is 4. The van der Waals surface area contributed by atoms with Crippen molar-refractivity contribution >= 4 is 33.2 Å². The summed E-state index contributed by atoms with van der Waals surface area (Å²) in [5.41, 5.74) is 0.270. The highest BCUT2D eigenvalue weighted by Gasteiger charge is 2.11. The molecule has 0 saturated heterocycles.